The SMILES string of the molecule is CCNC(=NCc1cc(OC)ccc1OC(F)F)NCCC(=O)N1CCCC1.I. The molecule has 1 aliphatic heterocycles. The van der Waals surface area contributed by atoms with Crippen molar-refractivity contribution < 1.29 is 23.0 Å². The number of halogens is 3. The van der Waals surface area contributed by atoms with Gasteiger partial charge in [0.2, 0.25) is 5.91 Å². The molecule has 0 unspecified atom stereocenters. The van der Waals surface area contributed by atoms with E-state index in [4.69, 9.17) is 4.74 Å². The van der Waals surface area contributed by atoms with E-state index in [1.54, 1.807) is 12.1 Å². The van der Waals surface area contributed by atoms with Gasteiger partial charge in [-0.1, -0.05) is 0 Å². The van der Waals surface area contributed by atoms with Crippen molar-refractivity contribution >= 4 is 35.8 Å². The molecule has 1 fully saturated rings. The fourth-order valence-corrected chi connectivity index (χ4v) is 2.94. The second-order valence-electron chi connectivity index (χ2n) is 6.31. The Balaban J connectivity index is 0.00000420. The van der Waals surface area contributed by atoms with E-state index in [9.17, 15) is 13.6 Å². The van der Waals surface area contributed by atoms with Crippen molar-refractivity contribution in [1.29, 1.82) is 0 Å². The molecule has 2 rings (SSSR count). The van der Waals surface area contributed by atoms with Gasteiger partial charge in [0.25, 0.3) is 0 Å². The van der Waals surface area contributed by atoms with Crippen molar-refractivity contribution in [3.8, 4) is 11.5 Å². The Labute approximate surface area is 187 Å². The maximum Gasteiger partial charge on any atom is 0.387 e. The van der Waals surface area contributed by atoms with Gasteiger partial charge in [-0.25, -0.2) is 4.99 Å². The van der Waals surface area contributed by atoms with E-state index < -0.39 is 6.61 Å². The van der Waals surface area contributed by atoms with E-state index in [1.807, 2.05) is 11.8 Å². The number of nitrogens with zero attached hydrogens (tertiary/aromatic N) is 2. The number of guanidine groups is 1. The Kier molecular flexibility index (Phi) is 11.6. The van der Waals surface area contributed by atoms with Crippen molar-refractivity contribution in [2.24, 2.45) is 4.99 Å². The predicted octanol–water partition coefficient (Wildman–Crippen LogP) is 2.98. The van der Waals surface area contributed by atoms with Crippen LogP contribution in [0.5, 0.6) is 11.5 Å². The smallest absolute Gasteiger partial charge is 0.387 e. The topological polar surface area (TPSA) is 75.2 Å². The summed E-state index contributed by atoms with van der Waals surface area (Å²) in [7, 11) is 1.50. The lowest BCUT2D eigenvalue weighted by Crippen LogP contribution is -2.39. The van der Waals surface area contributed by atoms with E-state index in [-0.39, 0.29) is 42.2 Å². The molecule has 1 aromatic rings. The van der Waals surface area contributed by atoms with Crippen LogP contribution in [0, 0.1) is 0 Å². The van der Waals surface area contributed by atoms with Crippen LogP contribution < -0.4 is 20.1 Å². The van der Waals surface area contributed by atoms with Crippen molar-refractivity contribution in [2.45, 2.75) is 39.3 Å². The molecule has 2 N–H and O–H groups in total. The number of nitrogens with one attached hydrogen (secondary N) is 2. The Hall–Kier alpha value is -1.85. The molecule has 1 aliphatic rings. The number of ether oxygens (including phenoxy) is 2. The second-order valence-corrected chi connectivity index (χ2v) is 6.31. The highest BCUT2D eigenvalue weighted by Gasteiger charge is 2.17. The fourth-order valence-electron chi connectivity index (χ4n) is 2.94. The van der Waals surface area contributed by atoms with Gasteiger partial charge >= 0.3 is 6.61 Å². The van der Waals surface area contributed by atoms with Gasteiger partial charge in [-0.3, -0.25) is 4.79 Å². The molecule has 1 saturated heterocycles. The lowest BCUT2D eigenvalue weighted by molar-refractivity contribution is -0.129. The van der Waals surface area contributed by atoms with Gasteiger partial charge in [0.15, 0.2) is 5.96 Å². The molecule has 7 nitrogen and oxygen atoms in total. The Morgan fingerprint density at radius 3 is 2.62 bits per heavy atom. The van der Waals surface area contributed by atoms with Gasteiger partial charge < -0.3 is 25.0 Å². The molecule has 0 atom stereocenters. The van der Waals surface area contributed by atoms with Crippen LogP contribution in [-0.2, 0) is 11.3 Å². The summed E-state index contributed by atoms with van der Waals surface area (Å²) >= 11 is 0. The number of amides is 1. The molecule has 0 aromatic heterocycles. The molecule has 0 saturated carbocycles. The zero-order chi connectivity index (χ0) is 20.4. The third-order valence-electron chi connectivity index (χ3n) is 4.33. The van der Waals surface area contributed by atoms with Crippen LogP contribution in [0.4, 0.5) is 8.78 Å². The van der Waals surface area contributed by atoms with Crippen molar-refractivity contribution in [1.82, 2.24) is 15.5 Å². The summed E-state index contributed by atoms with van der Waals surface area (Å²) in [5.74, 6) is 1.21. The molecule has 10 heteroatoms. The summed E-state index contributed by atoms with van der Waals surface area (Å²) in [6, 6.07) is 4.60. The summed E-state index contributed by atoms with van der Waals surface area (Å²) in [6.45, 7) is 1.85. The predicted molar refractivity (Wildman–Crippen MR) is 118 cm³/mol. The molecule has 1 heterocycles. The molecule has 1 amide bonds. The Morgan fingerprint density at radius 2 is 2.00 bits per heavy atom. The quantitative estimate of drug-likeness (QED) is 0.294. The standard InChI is InChI=1S/C19H28F2N4O3.HI/c1-3-22-19(23-9-8-17(26)25-10-4-5-11-25)24-13-14-12-15(27-2)6-7-16(14)28-18(20)21;/h6-7,12,18H,3-5,8-11,13H2,1-2H3,(H2,22,23,24);1H. The fraction of sp³-hybridized carbons (Fsp3) is 0.579. The number of hydrogen-bond acceptors (Lipinski definition) is 4. The highest BCUT2D eigenvalue weighted by atomic mass is 127. The van der Waals surface area contributed by atoms with E-state index in [1.165, 1.54) is 13.2 Å². The third-order valence-corrected chi connectivity index (χ3v) is 4.33. The number of rotatable bonds is 9. The van der Waals surface area contributed by atoms with Gasteiger partial charge in [-0.05, 0) is 38.0 Å². The minimum absolute atomic E-state index is 0. The molecule has 0 spiro atoms. The largest absolute Gasteiger partial charge is 0.497 e. The number of benzene rings is 1. The number of likely N-dealkylation sites (tertiary alicyclic amines) is 1. The van der Waals surface area contributed by atoms with E-state index >= 15 is 0 Å². The first-order valence-corrected chi connectivity index (χ1v) is 9.45. The number of aliphatic imine (C=N–C) groups is 1. The van der Waals surface area contributed by atoms with Gasteiger partial charge in [0.1, 0.15) is 11.5 Å². The first kappa shape index (κ1) is 25.2. The van der Waals surface area contributed by atoms with E-state index in [0.29, 0.717) is 36.8 Å². The summed E-state index contributed by atoms with van der Waals surface area (Å²) in [5.41, 5.74) is 0.477. The summed E-state index contributed by atoms with van der Waals surface area (Å²) in [5, 5.41) is 6.18. The van der Waals surface area contributed by atoms with Crippen molar-refractivity contribution in [3.63, 3.8) is 0 Å². The molecule has 1 aromatic carbocycles. The minimum Gasteiger partial charge on any atom is -0.497 e. The maximum absolute atomic E-state index is 12.6. The Morgan fingerprint density at radius 1 is 1.28 bits per heavy atom. The van der Waals surface area contributed by atoms with E-state index in [2.05, 4.69) is 20.4 Å². The molecular weight excluding hydrogens is 497 g/mol. The number of hydrogen-bond donors (Lipinski definition) is 2. The zero-order valence-electron chi connectivity index (χ0n) is 16.7. The van der Waals surface area contributed by atoms with Crippen LogP contribution in [0.15, 0.2) is 23.2 Å². The van der Waals surface area contributed by atoms with Crippen LogP contribution in [0.2, 0.25) is 0 Å². The van der Waals surface area contributed by atoms with Gasteiger partial charge in [0.05, 0.1) is 13.7 Å². The number of alkyl halides is 2. The van der Waals surface area contributed by atoms with Crippen molar-refractivity contribution in [3.05, 3.63) is 23.8 Å². The highest BCUT2D eigenvalue weighted by Crippen LogP contribution is 2.26. The molecule has 29 heavy (non-hydrogen) atoms. The van der Waals surface area contributed by atoms with Crippen LogP contribution in [-0.4, -0.2) is 56.7 Å². The average molecular weight is 526 g/mol. The first-order valence-electron chi connectivity index (χ1n) is 9.45. The number of methoxy groups -OCH3 is 1. The highest BCUT2D eigenvalue weighted by molar-refractivity contribution is 14.0. The molecule has 164 valence electrons. The van der Waals surface area contributed by atoms with Gasteiger partial charge in [-0.15, -0.1) is 24.0 Å². The average Bonchev–Trinajstić information content (AvgIpc) is 3.21. The molecule has 0 aliphatic carbocycles. The normalized spacial score (nSPS) is 13.8. The van der Waals surface area contributed by atoms with Crippen molar-refractivity contribution in [2.75, 3.05) is 33.3 Å². The lowest BCUT2D eigenvalue weighted by atomic mass is 10.2. The molecule has 0 bridgehead atoms. The summed E-state index contributed by atoms with van der Waals surface area (Å²) in [4.78, 5) is 18.4. The van der Waals surface area contributed by atoms with Crippen LogP contribution in [0.25, 0.3) is 0 Å². The van der Waals surface area contributed by atoms with Crippen LogP contribution in [0.3, 0.4) is 0 Å². The Bertz CT molecular complexity index is 671. The van der Waals surface area contributed by atoms with Gasteiger partial charge in [-0.2, -0.15) is 8.78 Å². The summed E-state index contributed by atoms with van der Waals surface area (Å²) < 4.78 is 34.9. The molecule has 0 radical (unpaired) electrons. The zero-order valence-corrected chi connectivity index (χ0v) is 19.1. The van der Waals surface area contributed by atoms with Crippen LogP contribution >= 0.6 is 24.0 Å². The van der Waals surface area contributed by atoms with Crippen LogP contribution in [0.1, 0.15) is 31.7 Å². The lowest BCUT2D eigenvalue weighted by Gasteiger charge is -2.16. The number of carbonyl (C=O) groups excluding carboxylic acids is 1. The third kappa shape index (κ3) is 8.58. The summed E-state index contributed by atoms with van der Waals surface area (Å²) in [6.07, 6.45) is 2.50. The van der Waals surface area contributed by atoms with E-state index in [0.717, 1.165) is 25.9 Å². The first-order chi connectivity index (χ1) is 13.5. The molecular formula is C19H29F2IN4O3. The second kappa shape index (κ2) is 13.4. The minimum atomic E-state index is -2.92. The monoisotopic (exact) mass is 526 g/mol. The van der Waals surface area contributed by atoms with Gasteiger partial charge in [0, 0.05) is 38.2 Å². The number of carbonyl (C=O) groups is 1. The maximum atomic E-state index is 12.6.